The molecule has 1 aliphatic heterocycles. The Labute approximate surface area is 231 Å². The number of aliphatic carboxylic acids is 1. The Bertz CT molecular complexity index is 1290. The van der Waals surface area contributed by atoms with Crippen molar-refractivity contribution in [3.8, 4) is 0 Å². The predicted octanol–water partition coefficient (Wildman–Crippen LogP) is 6.25. The van der Waals surface area contributed by atoms with E-state index in [2.05, 4.69) is 0 Å². The maximum absolute atomic E-state index is 15.9. The van der Waals surface area contributed by atoms with Crippen molar-refractivity contribution >= 4 is 24.3 Å². The zero-order valence-electron chi connectivity index (χ0n) is 23.7. The summed E-state index contributed by atoms with van der Waals surface area (Å²) in [6.07, 6.45) is 0. The van der Waals surface area contributed by atoms with Crippen LogP contribution in [0.1, 0.15) is 71.1 Å². The second-order valence-electron chi connectivity index (χ2n) is 12.2. The molecular weight excluding hydrogens is 492 g/mol. The third kappa shape index (κ3) is 6.00. The van der Waals surface area contributed by atoms with Crippen molar-refractivity contribution in [2.75, 3.05) is 0 Å². The van der Waals surface area contributed by atoms with E-state index in [4.69, 9.17) is 14.3 Å². The number of rotatable bonds is 7. The van der Waals surface area contributed by atoms with Crippen LogP contribution in [0, 0.1) is 11.2 Å². The van der Waals surface area contributed by atoms with Crippen molar-refractivity contribution < 1.29 is 23.6 Å². The molecular formula is C32H37BFNO4. The van der Waals surface area contributed by atoms with Gasteiger partial charge in [0.05, 0.1) is 16.9 Å². The topological polar surface area (TPSA) is 68.1 Å². The van der Waals surface area contributed by atoms with Crippen molar-refractivity contribution in [2.24, 2.45) is 10.4 Å². The summed E-state index contributed by atoms with van der Waals surface area (Å²) in [6.45, 7) is 13.5. The maximum atomic E-state index is 15.9. The van der Waals surface area contributed by atoms with E-state index in [9.17, 15) is 9.90 Å². The Morgan fingerprint density at radius 1 is 0.872 bits per heavy atom. The van der Waals surface area contributed by atoms with Crippen molar-refractivity contribution in [3.05, 3.63) is 101 Å². The smallest absolute Gasteiger partial charge is 0.480 e. The Morgan fingerprint density at radius 2 is 1.36 bits per heavy atom. The Morgan fingerprint density at radius 3 is 1.77 bits per heavy atom. The summed E-state index contributed by atoms with van der Waals surface area (Å²) in [7, 11) is -0.720. The average molecular weight is 529 g/mol. The Hall–Kier alpha value is -3.29. The van der Waals surface area contributed by atoms with Gasteiger partial charge in [0.1, 0.15) is 5.82 Å². The minimum Gasteiger partial charge on any atom is -0.480 e. The number of hydrogen-bond acceptors (Lipinski definition) is 4. The van der Waals surface area contributed by atoms with E-state index >= 15 is 4.39 Å². The van der Waals surface area contributed by atoms with Crippen LogP contribution in [0.5, 0.6) is 0 Å². The second-order valence-corrected chi connectivity index (χ2v) is 12.2. The molecule has 0 spiro atoms. The molecule has 39 heavy (non-hydrogen) atoms. The lowest BCUT2D eigenvalue weighted by molar-refractivity contribution is -0.139. The maximum Gasteiger partial charge on any atom is 0.494 e. The molecule has 1 heterocycles. The fraction of sp³-hybridized carbons (Fsp3) is 0.375. The van der Waals surface area contributed by atoms with Crippen LogP contribution in [0.2, 0.25) is 0 Å². The minimum atomic E-state index is -1.24. The average Bonchev–Trinajstić information content (AvgIpc) is 3.09. The normalized spacial score (nSPS) is 17.9. The van der Waals surface area contributed by atoms with Crippen molar-refractivity contribution in [2.45, 2.75) is 71.6 Å². The van der Waals surface area contributed by atoms with Crippen LogP contribution in [-0.2, 0) is 14.1 Å². The molecule has 1 saturated heterocycles. The highest BCUT2D eigenvalue weighted by Gasteiger charge is 2.52. The molecule has 1 N–H and O–H groups in total. The number of carboxylic acids is 1. The number of carboxylic acid groups (broad SMARTS) is 1. The second kappa shape index (κ2) is 10.7. The molecule has 0 bridgehead atoms. The monoisotopic (exact) mass is 529 g/mol. The highest BCUT2D eigenvalue weighted by atomic mass is 19.1. The molecule has 0 radical (unpaired) electrons. The van der Waals surface area contributed by atoms with Gasteiger partial charge < -0.3 is 14.4 Å². The van der Waals surface area contributed by atoms with E-state index in [1.54, 1.807) is 12.1 Å². The van der Waals surface area contributed by atoms with E-state index in [0.29, 0.717) is 16.7 Å². The molecule has 5 nitrogen and oxygen atoms in total. The van der Waals surface area contributed by atoms with Gasteiger partial charge >= 0.3 is 13.1 Å². The van der Waals surface area contributed by atoms with Gasteiger partial charge in [0.15, 0.2) is 6.04 Å². The number of aliphatic imine (C=N–C) groups is 1. The summed E-state index contributed by atoms with van der Waals surface area (Å²) in [5, 5.41) is 10.5. The zero-order valence-corrected chi connectivity index (χ0v) is 23.7. The molecule has 2 unspecified atom stereocenters. The van der Waals surface area contributed by atoms with Gasteiger partial charge in [-0.05, 0) is 50.2 Å². The largest absolute Gasteiger partial charge is 0.494 e. The molecule has 0 saturated carbocycles. The van der Waals surface area contributed by atoms with Gasteiger partial charge in [-0.25, -0.2) is 9.18 Å². The summed E-state index contributed by atoms with van der Waals surface area (Å²) in [6, 6.07) is 22.5. The van der Waals surface area contributed by atoms with Crippen LogP contribution in [0.15, 0.2) is 83.9 Å². The van der Waals surface area contributed by atoms with Gasteiger partial charge in [-0.3, -0.25) is 4.99 Å². The van der Waals surface area contributed by atoms with Crippen LogP contribution in [0.4, 0.5) is 4.39 Å². The van der Waals surface area contributed by atoms with Crippen LogP contribution < -0.4 is 5.46 Å². The molecule has 1 fully saturated rings. The molecule has 2 atom stereocenters. The van der Waals surface area contributed by atoms with Gasteiger partial charge in [0, 0.05) is 17.0 Å². The minimum absolute atomic E-state index is 0.291. The molecule has 4 rings (SSSR count). The van der Waals surface area contributed by atoms with Crippen molar-refractivity contribution in [3.63, 3.8) is 0 Å². The van der Waals surface area contributed by atoms with E-state index in [-0.39, 0.29) is 0 Å². The van der Waals surface area contributed by atoms with Crippen molar-refractivity contribution in [1.82, 2.24) is 0 Å². The number of hydrogen-bond donors (Lipinski definition) is 1. The molecule has 3 aromatic rings. The summed E-state index contributed by atoms with van der Waals surface area (Å²) in [4.78, 5) is 17.7. The lowest BCUT2D eigenvalue weighted by Crippen LogP contribution is -2.41. The summed E-state index contributed by atoms with van der Waals surface area (Å²) in [5.74, 6) is -2.39. The molecule has 204 valence electrons. The van der Waals surface area contributed by atoms with E-state index in [0.717, 1.165) is 11.1 Å². The first-order valence-electron chi connectivity index (χ1n) is 13.3. The number of halogens is 1. The third-order valence-electron chi connectivity index (χ3n) is 7.75. The first-order chi connectivity index (χ1) is 18.2. The summed E-state index contributed by atoms with van der Waals surface area (Å²) >= 11 is 0. The van der Waals surface area contributed by atoms with Gasteiger partial charge in [-0.15, -0.1) is 0 Å². The van der Waals surface area contributed by atoms with Gasteiger partial charge in [0.25, 0.3) is 0 Å². The van der Waals surface area contributed by atoms with Crippen LogP contribution in [-0.4, -0.2) is 41.1 Å². The van der Waals surface area contributed by atoms with Crippen LogP contribution in [0.25, 0.3) is 0 Å². The summed E-state index contributed by atoms with van der Waals surface area (Å²) < 4.78 is 28.1. The highest BCUT2D eigenvalue weighted by Crippen LogP contribution is 2.41. The van der Waals surface area contributed by atoms with E-state index < -0.39 is 47.5 Å². The predicted molar refractivity (Wildman–Crippen MR) is 154 cm³/mol. The van der Waals surface area contributed by atoms with Crippen LogP contribution >= 0.6 is 0 Å². The Kier molecular flexibility index (Phi) is 7.88. The fourth-order valence-corrected chi connectivity index (χ4v) is 4.95. The Balaban J connectivity index is 1.81. The number of nitrogens with zero attached hydrogens (tertiary/aromatic N) is 1. The molecule has 0 amide bonds. The molecule has 7 heteroatoms. The van der Waals surface area contributed by atoms with Crippen molar-refractivity contribution in [1.29, 1.82) is 0 Å². The molecule has 0 aliphatic carbocycles. The van der Waals surface area contributed by atoms with Gasteiger partial charge in [0.2, 0.25) is 0 Å². The van der Waals surface area contributed by atoms with Gasteiger partial charge in [-0.1, -0.05) is 93.6 Å². The highest BCUT2D eigenvalue weighted by molar-refractivity contribution is 6.62. The first kappa shape index (κ1) is 28.7. The standard InChI is InChI=1S/C32H37BFNO4/c1-30(2,3)26(24-19-18-23(20-25(24)34)33-38-31(4,5)32(6,7)39-33)28(29(36)37)35-27(21-14-10-8-11-15-21)22-16-12-9-13-17-22/h8-20,26,28H,1-7H3,(H,36,37). The lowest BCUT2D eigenvalue weighted by Gasteiger charge is -2.34. The fourth-order valence-electron chi connectivity index (χ4n) is 4.95. The zero-order chi connectivity index (χ0) is 28.6. The van der Waals surface area contributed by atoms with E-state index in [1.807, 2.05) is 109 Å². The first-order valence-corrected chi connectivity index (χ1v) is 13.3. The number of carbonyl (C=O) groups is 1. The van der Waals surface area contributed by atoms with E-state index in [1.165, 1.54) is 6.07 Å². The quantitative estimate of drug-likeness (QED) is 0.291. The molecule has 3 aromatic carbocycles. The summed E-state index contributed by atoms with van der Waals surface area (Å²) in [5.41, 5.74) is 1.22. The number of benzene rings is 3. The SMILES string of the molecule is CC(C)(C)C(c1ccc(B2OC(C)(C)C(C)(C)O2)cc1F)C(N=C(c1ccccc1)c1ccccc1)C(=O)O. The molecule has 1 aliphatic rings. The molecule has 0 aromatic heterocycles. The third-order valence-corrected chi connectivity index (χ3v) is 7.75. The lowest BCUT2D eigenvalue weighted by atomic mass is 9.70. The van der Waals surface area contributed by atoms with Gasteiger partial charge in [-0.2, -0.15) is 0 Å². The van der Waals surface area contributed by atoms with Crippen LogP contribution in [0.3, 0.4) is 0 Å².